The highest BCUT2D eigenvalue weighted by Gasteiger charge is 2.21. The van der Waals surface area contributed by atoms with Gasteiger partial charge in [0.15, 0.2) is 5.96 Å². The molecule has 0 unspecified atom stereocenters. The van der Waals surface area contributed by atoms with E-state index < -0.39 is 0 Å². The SMILES string of the molecule is CCNC(=NCCCc1nc2ccccc2[nH]1)N1CCC(OCCCOC)CC1. The second kappa shape index (κ2) is 11.8. The van der Waals surface area contributed by atoms with Crippen LogP contribution in [0.5, 0.6) is 0 Å². The van der Waals surface area contributed by atoms with Crippen LogP contribution in [0.2, 0.25) is 0 Å². The Morgan fingerprint density at radius 2 is 2.07 bits per heavy atom. The number of aryl methyl sites for hydroxylation is 1. The van der Waals surface area contributed by atoms with Gasteiger partial charge >= 0.3 is 0 Å². The van der Waals surface area contributed by atoms with E-state index in [1.807, 2.05) is 18.2 Å². The number of hydrogen-bond donors (Lipinski definition) is 2. The summed E-state index contributed by atoms with van der Waals surface area (Å²) in [6, 6.07) is 8.17. The molecule has 0 bridgehead atoms. The lowest BCUT2D eigenvalue weighted by Crippen LogP contribution is -2.47. The molecule has 7 heteroatoms. The minimum absolute atomic E-state index is 0.360. The van der Waals surface area contributed by atoms with E-state index in [-0.39, 0.29) is 0 Å². The molecule has 0 aliphatic carbocycles. The van der Waals surface area contributed by atoms with Crippen molar-refractivity contribution < 1.29 is 9.47 Å². The van der Waals surface area contributed by atoms with Crippen molar-refractivity contribution in [2.75, 3.05) is 46.5 Å². The summed E-state index contributed by atoms with van der Waals surface area (Å²) in [6.45, 7) is 7.34. The van der Waals surface area contributed by atoms with Crippen LogP contribution in [0, 0.1) is 0 Å². The highest BCUT2D eigenvalue weighted by Crippen LogP contribution is 2.15. The molecular weight excluding hydrogens is 366 g/mol. The van der Waals surface area contributed by atoms with Gasteiger partial charge in [-0.05, 0) is 44.7 Å². The summed E-state index contributed by atoms with van der Waals surface area (Å²) in [5.41, 5.74) is 2.14. The maximum Gasteiger partial charge on any atom is 0.193 e. The molecule has 0 amide bonds. The molecule has 1 fully saturated rings. The average Bonchev–Trinajstić information content (AvgIpc) is 3.17. The molecule has 2 heterocycles. The predicted octanol–water partition coefficient (Wildman–Crippen LogP) is 2.98. The van der Waals surface area contributed by atoms with Gasteiger partial charge in [0.1, 0.15) is 5.82 Å². The number of methoxy groups -OCH3 is 1. The first-order valence-corrected chi connectivity index (χ1v) is 10.9. The second-order valence-electron chi connectivity index (χ2n) is 7.44. The summed E-state index contributed by atoms with van der Waals surface area (Å²) in [5.74, 6) is 2.06. The van der Waals surface area contributed by atoms with Crippen LogP contribution in [0.3, 0.4) is 0 Å². The number of aliphatic imine (C=N–C) groups is 1. The number of likely N-dealkylation sites (tertiary alicyclic amines) is 1. The van der Waals surface area contributed by atoms with Crippen LogP contribution in [0.25, 0.3) is 11.0 Å². The van der Waals surface area contributed by atoms with E-state index in [1.54, 1.807) is 7.11 Å². The standard InChI is InChI=1S/C22H35N5O2/c1-3-23-22(27-14-11-18(12-15-27)29-17-7-16-28-2)24-13-6-10-21-25-19-8-4-5-9-20(19)26-21/h4-5,8-9,18H,3,6-7,10-17H2,1-2H3,(H,23,24)(H,25,26). The number of aromatic amines is 1. The Morgan fingerprint density at radius 1 is 1.24 bits per heavy atom. The molecule has 0 atom stereocenters. The molecule has 2 aromatic rings. The Kier molecular flexibility index (Phi) is 8.77. The van der Waals surface area contributed by atoms with Crippen LogP contribution in [0.4, 0.5) is 0 Å². The number of ether oxygens (including phenoxy) is 2. The van der Waals surface area contributed by atoms with Crippen molar-refractivity contribution in [1.82, 2.24) is 20.2 Å². The van der Waals surface area contributed by atoms with Crippen LogP contribution < -0.4 is 5.32 Å². The highest BCUT2D eigenvalue weighted by atomic mass is 16.5. The van der Waals surface area contributed by atoms with Gasteiger partial charge in [0.05, 0.1) is 17.1 Å². The normalized spacial score (nSPS) is 15.9. The van der Waals surface area contributed by atoms with Crippen molar-refractivity contribution in [3.05, 3.63) is 30.1 Å². The third-order valence-electron chi connectivity index (χ3n) is 5.19. The van der Waals surface area contributed by atoms with Crippen molar-refractivity contribution in [3.63, 3.8) is 0 Å². The Hall–Kier alpha value is -2.12. The van der Waals surface area contributed by atoms with Crippen LogP contribution in [-0.4, -0.2) is 73.4 Å². The van der Waals surface area contributed by atoms with Crippen molar-refractivity contribution in [1.29, 1.82) is 0 Å². The molecule has 1 aromatic heterocycles. The number of H-pyrrole nitrogens is 1. The number of rotatable bonds is 10. The lowest BCUT2D eigenvalue weighted by atomic mass is 10.1. The van der Waals surface area contributed by atoms with E-state index >= 15 is 0 Å². The van der Waals surface area contributed by atoms with Crippen LogP contribution in [0.1, 0.15) is 38.4 Å². The number of aromatic nitrogens is 2. The molecule has 0 spiro atoms. The fourth-order valence-corrected chi connectivity index (χ4v) is 3.67. The Balaban J connectivity index is 1.42. The summed E-state index contributed by atoms with van der Waals surface area (Å²) >= 11 is 0. The van der Waals surface area contributed by atoms with Gasteiger partial charge in [-0.1, -0.05) is 12.1 Å². The number of hydrogen-bond acceptors (Lipinski definition) is 4. The molecule has 0 saturated carbocycles. The van der Waals surface area contributed by atoms with E-state index in [2.05, 4.69) is 33.2 Å². The molecule has 1 aromatic carbocycles. The van der Waals surface area contributed by atoms with E-state index in [0.29, 0.717) is 6.10 Å². The van der Waals surface area contributed by atoms with Crippen LogP contribution in [-0.2, 0) is 15.9 Å². The molecule has 160 valence electrons. The molecule has 2 N–H and O–H groups in total. The van der Waals surface area contributed by atoms with Crippen LogP contribution in [0.15, 0.2) is 29.3 Å². The molecule has 0 radical (unpaired) electrons. The minimum atomic E-state index is 0.360. The fourth-order valence-electron chi connectivity index (χ4n) is 3.67. The number of guanidine groups is 1. The fraction of sp³-hybridized carbons (Fsp3) is 0.636. The number of nitrogens with zero attached hydrogens (tertiary/aromatic N) is 3. The van der Waals surface area contributed by atoms with E-state index in [4.69, 9.17) is 14.5 Å². The minimum Gasteiger partial charge on any atom is -0.385 e. The monoisotopic (exact) mass is 401 g/mol. The quantitative estimate of drug-likeness (QED) is 0.364. The van der Waals surface area contributed by atoms with Gasteiger partial charge in [-0.3, -0.25) is 4.99 Å². The lowest BCUT2D eigenvalue weighted by molar-refractivity contribution is 0.00990. The first-order chi connectivity index (χ1) is 14.3. The Morgan fingerprint density at radius 3 is 2.83 bits per heavy atom. The van der Waals surface area contributed by atoms with Gasteiger partial charge in [-0.25, -0.2) is 4.98 Å². The summed E-state index contributed by atoms with van der Waals surface area (Å²) in [7, 11) is 1.73. The Bertz CT molecular complexity index is 719. The van der Waals surface area contributed by atoms with Gasteiger partial charge < -0.3 is 24.7 Å². The summed E-state index contributed by atoms with van der Waals surface area (Å²) in [5, 5.41) is 3.44. The van der Waals surface area contributed by atoms with Crippen molar-refractivity contribution >= 4 is 17.0 Å². The number of fused-ring (bicyclic) bond motifs is 1. The van der Waals surface area contributed by atoms with Gasteiger partial charge in [0.25, 0.3) is 0 Å². The molecule has 1 aliphatic heterocycles. The van der Waals surface area contributed by atoms with Gasteiger partial charge in [-0.2, -0.15) is 0 Å². The summed E-state index contributed by atoms with van der Waals surface area (Å²) in [6.07, 6.45) is 5.32. The van der Waals surface area contributed by atoms with Crippen molar-refractivity contribution in [3.8, 4) is 0 Å². The number of benzene rings is 1. The summed E-state index contributed by atoms with van der Waals surface area (Å²) < 4.78 is 11.0. The maximum absolute atomic E-state index is 5.97. The smallest absolute Gasteiger partial charge is 0.193 e. The zero-order chi connectivity index (χ0) is 20.3. The summed E-state index contributed by atoms with van der Waals surface area (Å²) in [4.78, 5) is 15.3. The number of piperidine rings is 1. The predicted molar refractivity (Wildman–Crippen MR) is 117 cm³/mol. The van der Waals surface area contributed by atoms with E-state index in [0.717, 1.165) is 94.3 Å². The van der Waals surface area contributed by atoms with E-state index in [1.165, 1.54) is 0 Å². The number of imidazole rings is 1. The average molecular weight is 402 g/mol. The van der Waals surface area contributed by atoms with Crippen LogP contribution >= 0.6 is 0 Å². The second-order valence-corrected chi connectivity index (χ2v) is 7.44. The molecule has 29 heavy (non-hydrogen) atoms. The van der Waals surface area contributed by atoms with Crippen molar-refractivity contribution in [2.45, 2.75) is 45.1 Å². The third-order valence-corrected chi connectivity index (χ3v) is 5.19. The largest absolute Gasteiger partial charge is 0.385 e. The maximum atomic E-state index is 5.97. The van der Waals surface area contributed by atoms with Crippen molar-refractivity contribution in [2.24, 2.45) is 4.99 Å². The molecule has 1 saturated heterocycles. The third kappa shape index (κ3) is 6.72. The molecule has 7 nitrogen and oxygen atoms in total. The zero-order valence-corrected chi connectivity index (χ0v) is 17.8. The molecular formula is C22H35N5O2. The van der Waals surface area contributed by atoms with E-state index in [9.17, 15) is 0 Å². The first kappa shape index (κ1) is 21.6. The number of para-hydroxylation sites is 2. The number of nitrogens with one attached hydrogen (secondary N) is 2. The first-order valence-electron chi connectivity index (χ1n) is 10.9. The highest BCUT2D eigenvalue weighted by molar-refractivity contribution is 5.80. The Labute approximate surface area is 173 Å². The molecule has 1 aliphatic rings. The molecule has 3 rings (SSSR count). The topological polar surface area (TPSA) is 74.8 Å². The van der Waals surface area contributed by atoms with Gasteiger partial charge in [0.2, 0.25) is 0 Å². The lowest BCUT2D eigenvalue weighted by Gasteiger charge is -2.34. The van der Waals surface area contributed by atoms with Gasteiger partial charge in [-0.15, -0.1) is 0 Å². The zero-order valence-electron chi connectivity index (χ0n) is 17.8. The van der Waals surface area contributed by atoms with Gasteiger partial charge in [0, 0.05) is 52.9 Å².